The van der Waals surface area contributed by atoms with Crippen molar-refractivity contribution in [1.82, 2.24) is 5.32 Å². The Balaban J connectivity index is 2.78. The van der Waals surface area contributed by atoms with Gasteiger partial charge in [-0.15, -0.1) is 0 Å². The third kappa shape index (κ3) is 3.09. The molecule has 0 aliphatic rings. The summed E-state index contributed by atoms with van der Waals surface area (Å²) in [7, 11) is 0. The third-order valence-corrected chi connectivity index (χ3v) is 2.55. The van der Waals surface area contributed by atoms with Gasteiger partial charge in [0.25, 0.3) is 0 Å². The average molecular weight is 218 g/mol. The van der Waals surface area contributed by atoms with Crippen LogP contribution in [0.4, 0.5) is 0 Å². The Morgan fingerprint density at radius 3 is 2.38 bits per heavy atom. The quantitative estimate of drug-likeness (QED) is 0.812. The highest BCUT2D eigenvalue weighted by molar-refractivity contribution is 5.81. The number of carbonyl (C=O) groups is 1. The fourth-order valence-electron chi connectivity index (χ4n) is 1.45. The van der Waals surface area contributed by atoms with Gasteiger partial charge >= 0.3 is 0 Å². The van der Waals surface area contributed by atoms with Gasteiger partial charge in [-0.05, 0) is 25.0 Å². The second-order valence-electron chi connectivity index (χ2n) is 5.14. The Morgan fingerprint density at radius 1 is 1.31 bits per heavy atom. The van der Waals surface area contributed by atoms with Gasteiger partial charge in [0, 0.05) is 5.41 Å². The number of hydrogen-bond acceptors (Lipinski definition) is 1. The van der Waals surface area contributed by atoms with Crippen molar-refractivity contribution in [3.63, 3.8) is 0 Å². The summed E-state index contributed by atoms with van der Waals surface area (Å²) >= 11 is 0. The minimum atomic E-state index is -0.357. The Bertz CT molecular complexity index is 377. The molecule has 0 heterocycles. The van der Waals surface area contributed by atoms with Crippen LogP contribution in [0.1, 0.15) is 44.9 Å². The Hall–Kier alpha value is -1.31. The molecule has 2 nitrogen and oxygen atoms in total. The molecule has 1 aromatic rings. The summed E-state index contributed by atoms with van der Waals surface area (Å²) < 4.78 is 0. The van der Waals surface area contributed by atoms with Crippen molar-refractivity contribution < 1.29 is 4.79 Å². The second-order valence-corrected chi connectivity index (χ2v) is 5.14. The van der Waals surface area contributed by atoms with Gasteiger partial charge in [-0.3, -0.25) is 4.79 Å². The zero-order chi connectivity index (χ0) is 12.3. The molecule has 1 N–H and O–H groups in total. The molecule has 1 amide bonds. The molecular weight excluding hydrogens is 198 g/mol. The van der Waals surface area contributed by atoms with Gasteiger partial charge in [0.1, 0.15) is 0 Å². The van der Waals surface area contributed by atoms with Crippen LogP contribution >= 0.6 is 0 Å². The zero-order valence-electron chi connectivity index (χ0n) is 10.5. The Labute approximate surface area is 98.1 Å². The third-order valence-electron chi connectivity index (χ3n) is 2.55. The van der Waals surface area contributed by atoms with Crippen molar-refractivity contribution in [3.05, 3.63) is 42.3 Å². The molecule has 1 rings (SSSR count). The van der Waals surface area contributed by atoms with Gasteiger partial charge in [0.15, 0.2) is 0 Å². The summed E-state index contributed by atoms with van der Waals surface area (Å²) in [6.45, 7) is 11.7. The van der Waals surface area contributed by atoms with E-state index in [1.807, 2.05) is 52.0 Å². The first kappa shape index (κ1) is 12.8. The maximum Gasteiger partial charge on any atom is 0.225 e. The maximum absolute atomic E-state index is 11.8. The van der Waals surface area contributed by atoms with Crippen molar-refractivity contribution >= 4 is 5.91 Å². The second kappa shape index (κ2) is 4.69. The van der Waals surface area contributed by atoms with Crippen LogP contribution in [0, 0.1) is 12.3 Å². The van der Waals surface area contributed by atoms with E-state index in [4.69, 9.17) is 0 Å². The number of amides is 1. The van der Waals surface area contributed by atoms with Crippen LogP contribution in [-0.2, 0) is 4.79 Å². The fourth-order valence-corrected chi connectivity index (χ4v) is 1.45. The van der Waals surface area contributed by atoms with Crippen LogP contribution in [0.25, 0.3) is 0 Å². The van der Waals surface area contributed by atoms with E-state index < -0.39 is 0 Å². The van der Waals surface area contributed by atoms with Crippen LogP contribution in [0.15, 0.2) is 24.3 Å². The molecular formula is C14H20NO. The maximum atomic E-state index is 11.8. The highest BCUT2D eigenvalue weighted by Gasteiger charge is 2.23. The van der Waals surface area contributed by atoms with Crippen molar-refractivity contribution in [1.29, 1.82) is 0 Å². The van der Waals surface area contributed by atoms with Crippen molar-refractivity contribution in [2.24, 2.45) is 5.41 Å². The summed E-state index contributed by atoms with van der Waals surface area (Å²) in [6, 6.07) is 7.86. The van der Waals surface area contributed by atoms with Gasteiger partial charge in [-0.1, -0.05) is 45.0 Å². The van der Waals surface area contributed by atoms with Crippen LogP contribution in [0.2, 0.25) is 0 Å². The fraction of sp³-hybridized carbons (Fsp3) is 0.429. The molecule has 16 heavy (non-hydrogen) atoms. The molecule has 0 saturated heterocycles. The van der Waals surface area contributed by atoms with Crippen LogP contribution in [0.5, 0.6) is 0 Å². The number of nitrogens with one attached hydrogen (secondary N) is 1. The molecule has 0 saturated carbocycles. The summed E-state index contributed by atoms with van der Waals surface area (Å²) in [4.78, 5) is 11.8. The van der Waals surface area contributed by atoms with Crippen LogP contribution < -0.4 is 5.32 Å². The van der Waals surface area contributed by atoms with Gasteiger partial charge in [0.2, 0.25) is 5.91 Å². The summed E-state index contributed by atoms with van der Waals surface area (Å²) in [5.74, 6) is 0.0586. The number of rotatable bonds is 2. The first-order chi connectivity index (χ1) is 7.32. The first-order valence-corrected chi connectivity index (χ1v) is 5.54. The first-order valence-electron chi connectivity index (χ1n) is 5.54. The lowest BCUT2D eigenvalue weighted by Gasteiger charge is -2.23. The van der Waals surface area contributed by atoms with E-state index in [9.17, 15) is 4.79 Å². The van der Waals surface area contributed by atoms with Gasteiger partial charge in [-0.2, -0.15) is 0 Å². The number of benzene rings is 1. The molecule has 1 atom stereocenters. The largest absolute Gasteiger partial charge is 0.349 e. The molecule has 0 aliphatic carbocycles. The summed E-state index contributed by atoms with van der Waals surface area (Å²) in [5, 5.41) is 3.00. The van der Waals surface area contributed by atoms with Gasteiger partial charge in [0.05, 0.1) is 6.04 Å². The summed E-state index contributed by atoms with van der Waals surface area (Å²) in [5.41, 5.74) is 1.67. The smallest absolute Gasteiger partial charge is 0.225 e. The Kier molecular flexibility index (Phi) is 3.74. The van der Waals surface area contributed by atoms with Crippen molar-refractivity contribution in [2.45, 2.75) is 33.7 Å². The SMILES string of the molecule is [CH2]c1ccccc1C(C)NC(=O)C(C)(C)C. The number of carbonyl (C=O) groups excluding carboxylic acids is 1. The lowest BCUT2D eigenvalue weighted by Crippen LogP contribution is -2.36. The van der Waals surface area contributed by atoms with E-state index >= 15 is 0 Å². The normalized spacial score (nSPS) is 13.3. The predicted molar refractivity (Wildman–Crippen MR) is 66.9 cm³/mol. The molecule has 1 aromatic carbocycles. The predicted octanol–water partition coefficient (Wildman–Crippen LogP) is 3.09. The molecule has 0 spiro atoms. The van der Waals surface area contributed by atoms with Crippen LogP contribution in [-0.4, -0.2) is 5.91 Å². The zero-order valence-corrected chi connectivity index (χ0v) is 10.5. The summed E-state index contributed by atoms with van der Waals surface area (Å²) in [6.07, 6.45) is 0. The Morgan fingerprint density at radius 2 is 1.88 bits per heavy atom. The van der Waals surface area contributed by atoms with Gasteiger partial charge < -0.3 is 5.32 Å². The molecule has 1 unspecified atom stereocenters. The van der Waals surface area contributed by atoms with Crippen LogP contribution in [0.3, 0.4) is 0 Å². The monoisotopic (exact) mass is 218 g/mol. The molecule has 1 radical (unpaired) electrons. The molecule has 0 aliphatic heterocycles. The van der Waals surface area contributed by atoms with Crippen molar-refractivity contribution in [3.8, 4) is 0 Å². The lowest BCUT2D eigenvalue weighted by molar-refractivity contribution is -0.129. The van der Waals surface area contributed by atoms with Gasteiger partial charge in [-0.25, -0.2) is 0 Å². The molecule has 0 aromatic heterocycles. The van der Waals surface area contributed by atoms with E-state index in [2.05, 4.69) is 12.2 Å². The van der Waals surface area contributed by atoms with E-state index in [-0.39, 0.29) is 17.4 Å². The van der Waals surface area contributed by atoms with E-state index in [1.54, 1.807) is 0 Å². The van der Waals surface area contributed by atoms with E-state index in [0.29, 0.717) is 0 Å². The minimum Gasteiger partial charge on any atom is -0.349 e. The van der Waals surface area contributed by atoms with Crippen molar-refractivity contribution in [2.75, 3.05) is 0 Å². The molecule has 87 valence electrons. The number of hydrogen-bond donors (Lipinski definition) is 1. The lowest BCUT2D eigenvalue weighted by atomic mass is 9.94. The average Bonchev–Trinajstić information content (AvgIpc) is 2.16. The van der Waals surface area contributed by atoms with E-state index in [1.165, 1.54) is 0 Å². The molecule has 0 fully saturated rings. The standard InChI is InChI=1S/C14H20NO/c1-10-8-6-7-9-12(10)11(2)15-13(16)14(3,4)5/h6-9,11H,1H2,2-5H3,(H,15,16). The highest BCUT2D eigenvalue weighted by atomic mass is 16.2. The molecule has 0 bridgehead atoms. The topological polar surface area (TPSA) is 29.1 Å². The molecule has 2 heteroatoms. The van der Waals surface area contributed by atoms with E-state index in [0.717, 1.165) is 11.1 Å². The highest BCUT2D eigenvalue weighted by Crippen LogP contribution is 2.20. The minimum absolute atomic E-state index is 0.000394.